The zero-order chi connectivity index (χ0) is 43.2. The maximum atomic E-state index is 12.6. The van der Waals surface area contributed by atoms with Gasteiger partial charge in [0.25, 0.3) is 0 Å². The van der Waals surface area contributed by atoms with Gasteiger partial charge in [0.05, 0.1) is 25.9 Å². The van der Waals surface area contributed by atoms with Crippen molar-refractivity contribution in [2.45, 2.75) is 72.7 Å². The van der Waals surface area contributed by atoms with Crippen LogP contribution >= 0.6 is 54.8 Å². The molecule has 29 nitrogen and oxygen atoms in total. The van der Waals surface area contributed by atoms with Crippen LogP contribution in [0.1, 0.15) is 25.8 Å². The zero-order valence-electron chi connectivity index (χ0n) is 30.0. The van der Waals surface area contributed by atoms with E-state index in [9.17, 15) is 58.3 Å². The van der Waals surface area contributed by atoms with E-state index in [-0.39, 0.29) is 44.3 Å². The van der Waals surface area contributed by atoms with Crippen LogP contribution in [-0.4, -0.2) is 141 Å². The Bertz CT molecular complexity index is 2380. The molecule has 2 fully saturated rings. The van der Waals surface area contributed by atoms with Crippen LogP contribution < -0.4 is 11.5 Å². The molecule has 0 spiro atoms. The maximum absolute atomic E-state index is 12.6. The Balaban J connectivity index is 1.02. The number of hydrogen-bond acceptors (Lipinski definition) is 25. The molecule has 0 bridgehead atoms. The lowest BCUT2D eigenvalue weighted by Gasteiger charge is -2.21. The standard InChI is InChI=1S/C24H36N10O19P4S2/c1-3-4-59-24-30-18(26)12-20(32-24)34(8-28-12)22-16(38)14(36)10(50-22)6-48-55(41,42)52-57(45,46)53-56(43,44)51-54(39,40)47-5-9-13(35)15(37)21(49-9)33-7-27-11-17(25)29-23(58-2)31-19(11)33/h7-10,13-16,21-22,35-38H,3-6H2,1-2H3,(H,39,40)(H,41,42)(H,43,44)(H,45,46)(H2,25,29,31)(H2,26,30,32)/t9-,10-,13-,14-,15-,16-,21-,22-/m1/s1. The summed E-state index contributed by atoms with van der Waals surface area (Å²) in [6.07, 6.45) is -8.33. The minimum absolute atomic E-state index is 0.000597. The van der Waals surface area contributed by atoms with Crippen molar-refractivity contribution in [3.05, 3.63) is 12.7 Å². The Morgan fingerprint density at radius 3 is 1.51 bits per heavy atom. The number of phosphoric acid groups is 4. The first-order chi connectivity index (χ1) is 27.5. The number of nitrogen functional groups attached to an aromatic ring is 2. The molecule has 0 aliphatic carbocycles. The number of aliphatic hydroxyl groups excluding tert-OH is 4. The molecule has 0 aromatic carbocycles. The molecule has 4 unspecified atom stereocenters. The summed E-state index contributed by atoms with van der Waals surface area (Å²) in [7, 11) is -24.0. The molecule has 2 aliphatic rings. The van der Waals surface area contributed by atoms with Gasteiger partial charge in [-0.05, 0) is 12.7 Å². The summed E-state index contributed by atoms with van der Waals surface area (Å²) in [6, 6.07) is 0. The Hall–Kier alpha value is -2.28. The molecule has 2 saturated heterocycles. The van der Waals surface area contributed by atoms with Crippen LogP contribution in [0.4, 0.5) is 11.6 Å². The first-order valence-corrected chi connectivity index (χ1v) is 24.7. The molecule has 12 atom stereocenters. The molecular weight excluding hydrogens is 920 g/mol. The predicted molar refractivity (Wildman–Crippen MR) is 199 cm³/mol. The van der Waals surface area contributed by atoms with Crippen LogP contribution in [-0.2, 0) is 49.7 Å². The number of aliphatic hydroxyl groups is 4. The Morgan fingerprint density at radius 1 is 0.678 bits per heavy atom. The third-order valence-electron chi connectivity index (χ3n) is 8.12. The van der Waals surface area contributed by atoms with Gasteiger partial charge in [0, 0.05) is 5.75 Å². The minimum Gasteiger partial charge on any atom is -0.387 e. The molecule has 2 aliphatic heterocycles. The lowest BCUT2D eigenvalue weighted by molar-refractivity contribution is -0.0505. The number of phosphoric ester groups is 2. The number of aromatic nitrogens is 8. The maximum Gasteiger partial charge on any atom is 0.490 e. The molecule has 6 rings (SSSR count). The van der Waals surface area contributed by atoms with Gasteiger partial charge in [-0.2, -0.15) is 12.9 Å². The monoisotopic (exact) mass is 956 g/mol. The Labute approximate surface area is 338 Å². The third-order valence-corrected chi connectivity index (χ3v) is 15.6. The SMILES string of the molecule is CCCSc1nc(N)c2ncn([C@@H]3O[C@H](COP(=O)(O)OP(=O)(O)OP(=O)(O)OP(=O)(O)OC[C@H]4O[C@@H](n5cnc6c(N)nc(SC)nc65)[C@H](O)[C@@H]4O)[C@@H](O)[C@H]3O)c2n1. The van der Waals surface area contributed by atoms with Crippen molar-refractivity contribution in [1.29, 1.82) is 0 Å². The highest BCUT2D eigenvalue weighted by Crippen LogP contribution is 2.71. The van der Waals surface area contributed by atoms with E-state index < -0.39 is 93.6 Å². The number of rotatable bonds is 18. The van der Waals surface area contributed by atoms with Crippen LogP contribution in [0.5, 0.6) is 0 Å². The van der Waals surface area contributed by atoms with E-state index in [1.807, 2.05) is 6.92 Å². The summed E-state index contributed by atoms with van der Waals surface area (Å²) in [4.78, 5) is 65.0. The molecular formula is C24H36N10O19P4S2. The van der Waals surface area contributed by atoms with Crippen LogP contribution in [0, 0.1) is 0 Å². The molecule has 328 valence electrons. The second-order valence-corrected chi connectivity index (χ2v) is 20.3. The van der Waals surface area contributed by atoms with Gasteiger partial charge in [0.1, 0.15) is 47.7 Å². The van der Waals surface area contributed by atoms with E-state index in [1.54, 1.807) is 6.26 Å². The second-order valence-electron chi connectivity index (χ2n) is 12.3. The van der Waals surface area contributed by atoms with Crippen molar-refractivity contribution in [2.75, 3.05) is 36.7 Å². The normalized spacial score (nSPS) is 29.1. The number of nitrogens with zero attached hydrogens (tertiary/aromatic N) is 8. The van der Waals surface area contributed by atoms with Crippen molar-refractivity contribution in [1.82, 2.24) is 39.0 Å². The number of fused-ring (bicyclic) bond motifs is 2. The van der Waals surface area contributed by atoms with Gasteiger partial charge in [-0.3, -0.25) is 18.2 Å². The quantitative estimate of drug-likeness (QED) is 0.0350. The predicted octanol–water partition coefficient (Wildman–Crippen LogP) is -0.222. The van der Waals surface area contributed by atoms with Gasteiger partial charge in [-0.15, -0.1) is 0 Å². The van der Waals surface area contributed by atoms with Gasteiger partial charge >= 0.3 is 31.3 Å². The van der Waals surface area contributed by atoms with E-state index in [0.29, 0.717) is 5.75 Å². The van der Waals surface area contributed by atoms with E-state index in [0.717, 1.165) is 18.2 Å². The second kappa shape index (κ2) is 17.8. The fourth-order valence-corrected chi connectivity index (χ4v) is 11.6. The topological polar surface area (TPSA) is 434 Å². The summed E-state index contributed by atoms with van der Waals surface area (Å²) in [5.74, 6) is 0.673. The fraction of sp³-hybridized carbons (Fsp3) is 0.583. The molecule has 0 saturated carbocycles. The van der Waals surface area contributed by atoms with Crippen molar-refractivity contribution in [3.8, 4) is 0 Å². The number of ether oxygens (including phenoxy) is 2. The van der Waals surface area contributed by atoms with Gasteiger partial charge in [-0.25, -0.2) is 48.2 Å². The third kappa shape index (κ3) is 10.5. The van der Waals surface area contributed by atoms with Gasteiger partial charge in [0.15, 0.2) is 45.7 Å². The van der Waals surface area contributed by atoms with Crippen molar-refractivity contribution in [2.24, 2.45) is 0 Å². The lowest BCUT2D eigenvalue weighted by Crippen LogP contribution is -2.33. The molecule has 6 heterocycles. The molecule has 0 radical (unpaired) electrons. The highest BCUT2D eigenvalue weighted by atomic mass is 32.2. The summed E-state index contributed by atoms with van der Waals surface area (Å²) < 4.78 is 84.5. The molecule has 0 amide bonds. The lowest BCUT2D eigenvalue weighted by atomic mass is 10.1. The largest absolute Gasteiger partial charge is 0.490 e. The summed E-state index contributed by atoms with van der Waals surface area (Å²) in [5.41, 5.74) is 12.4. The first-order valence-electron chi connectivity index (χ1n) is 16.5. The molecule has 12 N–H and O–H groups in total. The minimum atomic E-state index is -6.22. The summed E-state index contributed by atoms with van der Waals surface area (Å²) in [5, 5.41) is 43.0. The number of imidazole rings is 2. The fourth-order valence-electron chi connectivity index (χ4n) is 5.55. The molecule has 59 heavy (non-hydrogen) atoms. The first kappa shape index (κ1) is 46.2. The molecule has 35 heteroatoms. The molecule has 4 aromatic heterocycles. The van der Waals surface area contributed by atoms with Crippen LogP contribution in [0.15, 0.2) is 23.0 Å². The molecule has 4 aromatic rings. The smallest absolute Gasteiger partial charge is 0.387 e. The highest BCUT2D eigenvalue weighted by Gasteiger charge is 2.50. The van der Waals surface area contributed by atoms with Crippen LogP contribution in [0.2, 0.25) is 0 Å². The Morgan fingerprint density at radius 2 is 1.08 bits per heavy atom. The number of thioether (sulfide) groups is 2. The highest BCUT2D eigenvalue weighted by molar-refractivity contribution is 7.99. The Kier molecular flexibility index (Phi) is 14.0. The number of anilines is 2. The van der Waals surface area contributed by atoms with E-state index >= 15 is 0 Å². The van der Waals surface area contributed by atoms with Gasteiger partial charge in [0.2, 0.25) is 0 Å². The van der Waals surface area contributed by atoms with Crippen molar-refractivity contribution >= 4 is 88.8 Å². The average Bonchev–Trinajstić information content (AvgIpc) is 3.89. The number of hydrogen-bond donors (Lipinski definition) is 10. The summed E-state index contributed by atoms with van der Waals surface area (Å²) >= 11 is 2.43. The number of nitrogens with two attached hydrogens (primary N) is 2. The average molecular weight is 957 g/mol. The van der Waals surface area contributed by atoms with E-state index in [2.05, 4.69) is 51.9 Å². The van der Waals surface area contributed by atoms with Gasteiger partial charge < -0.3 is 60.9 Å². The van der Waals surface area contributed by atoms with Crippen LogP contribution in [0.25, 0.3) is 22.3 Å². The van der Waals surface area contributed by atoms with E-state index in [4.69, 9.17) is 20.9 Å². The zero-order valence-corrected chi connectivity index (χ0v) is 35.2. The summed E-state index contributed by atoms with van der Waals surface area (Å²) in [6.45, 7) is -0.288. The van der Waals surface area contributed by atoms with Crippen LogP contribution in [0.3, 0.4) is 0 Å². The van der Waals surface area contributed by atoms with Crippen molar-refractivity contribution in [3.63, 3.8) is 0 Å². The van der Waals surface area contributed by atoms with E-state index in [1.165, 1.54) is 33.6 Å². The van der Waals surface area contributed by atoms with Gasteiger partial charge in [-0.1, -0.05) is 30.4 Å². The van der Waals surface area contributed by atoms with Crippen molar-refractivity contribution < 1.29 is 89.7 Å².